The van der Waals surface area contributed by atoms with Gasteiger partial charge in [-0.2, -0.15) is 0 Å². The van der Waals surface area contributed by atoms with E-state index in [9.17, 15) is 20.4 Å². The predicted octanol–water partition coefficient (Wildman–Crippen LogP) is 2.50. The maximum atomic E-state index is 10.2. The smallest absolute Gasteiger partial charge is 0.139 e. The van der Waals surface area contributed by atoms with Gasteiger partial charge in [-0.25, -0.2) is 0 Å². The number of rotatable bonds is 9. The topological polar surface area (TPSA) is 80.9 Å². The van der Waals surface area contributed by atoms with E-state index >= 15 is 0 Å². The molecule has 3 atom stereocenters. The van der Waals surface area contributed by atoms with Crippen molar-refractivity contribution >= 4 is 29.6 Å². The highest BCUT2D eigenvalue weighted by atomic mass is 32.2. The molecule has 0 heterocycles. The Labute approximate surface area is 140 Å². The van der Waals surface area contributed by atoms with E-state index in [1.54, 1.807) is 12.1 Å². The third-order valence-corrected chi connectivity index (χ3v) is 5.73. The summed E-state index contributed by atoms with van der Waals surface area (Å²) in [5.74, 6) is 1.23. The summed E-state index contributed by atoms with van der Waals surface area (Å²) in [5.41, 5.74) is 0.711. The van der Waals surface area contributed by atoms with Crippen molar-refractivity contribution in [3.8, 4) is 0 Å². The van der Waals surface area contributed by atoms with Gasteiger partial charge in [-0.1, -0.05) is 44.2 Å². The first-order chi connectivity index (χ1) is 10.5. The second-order valence-electron chi connectivity index (χ2n) is 4.68. The van der Waals surface area contributed by atoms with Crippen molar-refractivity contribution in [1.29, 1.82) is 0 Å². The van der Waals surface area contributed by atoms with E-state index in [0.29, 0.717) is 5.56 Å². The average molecular weight is 344 g/mol. The summed E-state index contributed by atoms with van der Waals surface area (Å²) in [7, 11) is 0. The molecule has 0 fully saturated rings. The SMILES string of the molecule is CCSC(SCC)[C@H](O)[C@@H](O)[C@H](O)C(O)=Cc1ccccc1. The first-order valence-electron chi connectivity index (χ1n) is 7.24. The van der Waals surface area contributed by atoms with E-state index in [1.807, 2.05) is 32.0 Å². The lowest BCUT2D eigenvalue weighted by Gasteiger charge is -2.28. The normalized spacial score (nSPS) is 16.5. The summed E-state index contributed by atoms with van der Waals surface area (Å²) in [6.45, 7) is 3.94. The summed E-state index contributed by atoms with van der Waals surface area (Å²) in [4.78, 5) is 0. The lowest BCUT2D eigenvalue weighted by Crippen LogP contribution is -2.43. The van der Waals surface area contributed by atoms with Crippen LogP contribution in [0.1, 0.15) is 19.4 Å². The van der Waals surface area contributed by atoms with E-state index < -0.39 is 18.3 Å². The average Bonchev–Trinajstić information content (AvgIpc) is 2.53. The standard InChI is InChI=1S/C16H24O4S2/c1-3-21-16(22-4-2)15(20)14(19)13(18)12(17)10-11-8-6-5-7-9-11/h5-10,13-20H,3-4H2,1-2H3/t13-,14+,15-/m1/s1. The van der Waals surface area contributed by atoms with Gasteiger partial charge in [-0.3, -0.25) is 0 Å². The molecule has 6 heteroatoms. The zero-order chi connectivity index (χ0) is 16.5. The molecular formula is C16H24O4S2. The maximum absolute atomic E-state index is 10.2. The number of benzene rings is 1. The molecule has 1 rings (SSSR count). The molecule has 1 aromatic rings. The fraction of sp³-hybridized carbons (Fsp3) is 0.500. The van der Waals surface area contributed by atoms with E-state index in [4.69, 9.17) is 0 Å². The quantitative estimate of drug-likeness (QED) is 0.407. The van der Waals surface area contributed by atoms with Crippen LogP contribution in [-0.4, -0.2) is 54.8 Å². The Hall–Kier alpha value is -0.660. The summed E-state index contributed by atoms with van der Waals surface area (Å²) >= 11 is 3.02. The third-order valence-electron chi connectivity index (χ3n) is 3.03. The molecule has 0 aromatic heterocycles. The van der Waals surface area contributed by atoms with Crippen molar-refractivity contribution < 1.29 is 20.4 Å². The van der Waals surface area contributed by atoms with Gasteiger partial charge in [0, 0.05) is 0 Å². The van der Waals surface area contributed by atoms with Crippen LogP contribution in [0.15, 0.2) is 36.1 Å². The minimum absolute atomic E-state index is 0.246. The monoisotopic (exact) mass is 344 g/mol. The molecule has 0 saturated carbocycles. The first kappa shape index (κ1) is 19.4. The molecular weight excluding hydrogens is 320 g/mol. The predicted molar refractivity (Wildman–Crippen MR) is 95.1 cm³/mol. The second kappa shape index (κ2) is 10.2. The highest BCUT2D eigenvalue weighted by Gasteiger charge is 2.33. The lowest BCUT2D eigenvalue weighted by atomic mass is 10.1. The molecule has 0 spiro atoms. The second-order valence-corrected chi connectivity index (χ2v) is 7.82. The third kappa shape index (κ3) is 5.85. The van der Waals surface area contributed by atoms with E-state index in [0.717, 1.165) is 11.5 Å². The molecule has 124 valence electrons. The number of aliphatic hydroxyl groups excluding tert-OH is 4. The maximum Gasteiger partial charge on any atom is 0.139 e. The van der Waals surface area contributed by atoms with Crippen LogP contribution in [0.25, 0.3) is 6.08 Å². The van der Waals surface area contributed by atoms with Gasteiger partial charge < -0.3 is 20.4 Å². The van der Waals surface area contributed by atoms with Gasteiger partial charge in [-0.15, -0.1) is 23.5 Å². The summed E-state index contributed by atoms with van der Waals surface area (Å²) in [6, 6.07) is 9.01. The van der Waals surface area contributed by atoms with Gasteiger partial charge in [0.05, 0.1) is 4.58 Å². The zero-order valence-electron chi connectivity index (χ0n) is 12.8. The van der Waals surface area contributed by atoms with Crippen LogP contribution in [-0.2, 0) is 0 Å². The lowest BCUT2D eigenvalue weighted by molar-refractivity contribution is -0.0500. The van der Waals surface area contributed by atoms with E-state index in [2.05, 4.69) is 0 Å². The van der Waals surface area contributed by atoms with Crippen LogP contribution in [0.3, 0.4) is 0 Å². The summed E-state index contributed by atoms with van der Waals surface area (Å²) < 4.78 is -0.246. The number of hydrogen-bond acceptors (Lipinski definition) is 6. The van der Waals surface area contributed by atoms with Crippen molar-refractivity contribution in [2.24, 2.45) is 0 Å². The highest BCUT2D eigenvalue weighted by Crippen LogP contribution is 2.29. The Kier molecular flexibility index (Phi) is 8.97. The molecule has 0 saturated heterocycles. The van der Waals surface area contributed by atoms with Gasteiger partial charge in [-0.05, 0) is 23.1 Å². The Morgan fingerprint density at radius 3 is 2.05 bits per heavy atom. The molecule has 0 aliphatic rings. The number of aliphatic hydroxyl groups is 4. The van der Waals surface area contributed by atoms with Crippen LogP contribution in [0, 0.1) is 0 Å². The molecule has 1 aromatic carbocycles. The summed E-state index contributed by atoms with van der Waals surface area (Å²) in [5, 5.41) is 40.4. The molecule has 0 aliphatic carbocycles. The van der Waals surface area contributed by atoms with Gasteiger partial charge in [0.2, 0.25) is 0 Å². The van der Waals surface area contributed by atoms with Gasteiger partial charge in [0.1, 0.15) is 24.1 Å². The molecule has 0 bridgehead atoms. The van der Waals surface area contributed by atoms with Crippen molar-refractivity contribution in [2.45, 2.75) is 36.7 Å². The van der Waals surface area contributed by atoms with Crippen LogP contribution in [0.5, 0.6) is 0 Å². The van der Waals surface area contributed by atoms with Gasteiger partial charge in [0.25, 0.3) is 0 Å². The first-order valence-corrected chi connectivity index (χ1v) is 9.34. The van der Waals surface area contributed by atoms with E-state index in [-0.39, 0.29) is 10.3 Å². The minimum Gasteiger partial charge on any atom is -0.509 e. The fourth-order valence-corrected chi connectivity index (χ4v) is 4.48. The number of hydrogen-bond donors (Lipinski definition) is 4. The Morgan fingerprint density at radius 1 is 1.00 bits per heavy atom. The highest BCUT2D eigenvalue weighted by molar-refractivity contribution is 8.17. The fourth-order valence-electron chi connectivity index (χ4n) is 1.90. The van der Waals surface area contributed by atoms with E-state index in [1.165, 1.54) is 29.6 Å². The van der Waals surface area contributed by atoms with Crippen LogP contribution in [0.4, 0.5) is 0 Å². The molecule has 0 unspecified atom stereocenters. The Bertz CT molecular complexity index is 447. The molecule has 4 nitrogen and oxygen atoms in total. The molecule has 4 N–H and O–H groups in total. The minimum atomic E-state index is -1.52. The molecule has 0 aliphatic heterocycles. The van der Waals surface area contributed by atoms with Crippen molar-refractivity contribution in [3.63, 3.8) is 0 Å². The molecule has 0 amide bonds. The number of thioether (sulfide) groups is 2. The Balaban J connectivity index is 2.77. The van der Waals surface area contributed by atoms with Gasteiger partial charge >= 0.3 is 0 Å². The van der Waals surface area contributed by atoms with Crippen molar-refractivity contribution in [3.05, 3.63) is 41.7 Å². The van der Waals surface area contributed by atoms with Gasteiger partial charge in [0.15, 0.2) is 0 Å². The largest absolute Gasteiger partial charge is 0.509 e. The van der Waals surface area contributed by atoms with Crippen LogP contribution in [0.2, 0.25) is 0 Å². The van der Waals surface area contributed by atoms with Crippen LogP contribution >= 0.6 is 23.5 Å². The van der Waals surface area contributed by atoms with Crippen molar-refractivity contribution in [2.75, 3.05) is 11.5 Å². The van der Waals surface area contributed by atoms with Crippen molar-refractivity contribution in [1.82, 2.24) is 0 Å². The molecule has 0 radical (unpaired) electrons. The zero-order valence-corrected chi connectivity index (χ0v) is 14.4. The summed E-state index contributed by atoms with van der Waals surface area (Å²) in [6.07, 6.45) is -2.71. The molecule has 22 heavy (non-hydrogen) atoms. The van der Waals surface area contributed by atoms with Crippen LogP contribution < -0.4 is 0 Å². The Morgan fingerprint density at radius 2 is 1.55 bits per heavy atom.